The third-order valence-corrected chi connectivity index (χ3v) is 6.90. The van der Waals surface area contributed by atoms with Gasteiger partial charge in [0, 0.05) is 12.2 Å². The molecule has 0 radical (unpaired) electrons. The molecule has 0 aliphatic carbocycles. The normalized spacial score (nSPS) is 15.6. The molecule has 0 heterocycles. The number of nitrogens with one attached hydrogen (secondary N) is 1. The lowest BCUT2D eigenvalue weighted by Crippen LogP contribution is -2.02. The van der Waals surface area contributed by atoms with Crippen LogP contribution in [0.4, 0.5) is 5.69 Å². The summed E-state index contributed by atoms with van der Waals surface area (Å²) in [6.07, 6.45) is 5.36. The van der Waals surface area contributed by atoms with E-state index in [2.05, 4.69) is 11.4 Å². The van der Waals surface area contributed by atoms with E-state index in [1.807, 2.05) is 44.2 Å². The standard InChI is InChI=1S/C17H27NO6P2/c1-15(11-12-24-26(22,23)14-25(19,20)21)7-6-8-16(2)13-18-17-9-4-3-5-10-17/h3-5,8-11,18H,6-7,12-14H2,1-2H3,(H,22,23)(H2,19,20,21)/b15-11+,16-8+. The molecule has 0 bridgehead atoms. The Bertz CT molecular complexity index is 711. The van der Waals surface area contributed by atoms with Gasteiger partial charge in [0.2, 0.25) is 0 Å². The Morgan fingerprint density at radius 2 is 1.73 bits per heavy atom. The molecule has 1 rings (SSSR count). The highest BCUT2D eigenvalue weighted by Gasteiger charge is 2.30. The van der Waals surface area contributed by atoms with E-state index in [-0.39, 0.29) is 6.61 Å². The molecule has 146 valence electrons. The van der Waals surface area contributed by atoms with Crippen molar-refractivity contribution in [2.75, 3.05) is 24.4 Å². The lowest BCUT2D eigenvalue weighted by Gasteiger charge is -2.11. The quantitative estimate of drug-likeness (QED) is 0.325. The fourth-order valence-electron chi connectivity index (χ4n) is 2.09. The van der Waals surface area contributed by atoms with Gasteiger partial charge in [0.05, 0.1) is 6.61 Å². The molecule has 7 nitrogen and oxygen atoms in total. The maximum atomic E-state index is 11.5. The Hall–Kier alpha value is -1.20. The maximum Gasteiger partial charge on any atom is 0.340 e. The number of benzene rings is 1. The molecule has 0 amide bonds. The average Bonchev–Trinajstić information content (AvgIpc) is 2.51. The SMILES string of the molecule is C/C(=C\COP(=O)(O)CP(=O)(O)O)CC/C=C(\C)CNc1ccccc1. The monoisotopic (exact) mass is 403 g/mol. The number of anilines is 1. The Balaban J connectivity index is 2.31. The number of hydrogen-bond acceptors (Lipinski definition) is 4. The zero-order valence-corrected chi connectivity index (χ0v) is 16.8. The largest absolute Gasteiger partial charge is 0.381 e. The van der Waals surface area contributed by atoms with E-state index in [4.69, 9.17) is 14.3 Å². The van der Waals surface area contributed by atoms with Crippen LogP contribution in [0.1, 0.15) is 26.7 Å². The molecule has 0 aliphatic heterocycles. The first-order valence-corrected chi connectivity index (χ1v) is 11.7. The van der Waals surface area contributed by atoms with E-state index in [0.717, 1.165) is 30.6 Å². The molecule has 26 heavy (non-hydrogen) atoms. The van der Waals surface area contributed by atoms with E-state index in [0.29, 0.717) is 0 Å². The van der Waals surface area contributed by atoms with E-state index < -0.39 is 21.1 Å². The minimum absolute atomic E-state index is 0.155. The number of para-hydroxylation sites is 1. The fraction of sp³-hybridized carbons (Fsp3) is 0.412. The van der Waals surface area contributed by atoms with Crippen molar-refractivity contribution in [1.82, 2.24) is 0 Å². The zero-order chi connectivity index (χ0) is 19.6. The molecule has 1 aromatic carbocycles. The lowest BCUT2D eigenvalue weighted by atomic mass is 10.1. The molecule has 1 atom stereocenters. The third kappa shape index (κ3) is 11.4. The van der Waals surface area contributed by atoms with Gasteiger partial charge in [-0.3, -0.25) is 9.13 Å². The van der Waals surface area contributed by atoms with Crippen molar-refractivity contribution in [2.24, 2.45) is 0 Å². The summed E-state index contributed by atoms with van der Waals surface area (Å²) in [7, 11) is -8.86. The van der Waals surface area contributed by atoms with Crippen LogP contribution in [-0.2, 0) is 13.7 Å². The summed E-state index contributed by atoms with van der Waals surface area (Å²) in [6, 6.07) is 9.93. The highest BCUT2D eigenvalue weighted by atomic mass is 31.2. The summed E-state index contributed by atoms with van der Waals surface area (Å²) in [5.74, 6) is -1.16. The predicted octanol–water partition coefficient (Wildman–Crippen LogP) is 4.11. The van der Waals surface area contributed by atoms with Crippen LogP contribution in [0.2, 0.25) is 0 Å². The minimum atomic E-state index is -4.58. The molecule has 0 aliphatic rings. The van der Waals surface area contributed by atoms with Gasteiger partial charge in [-0.05, 0) is 38.8 Å². The topological polar surface area (TPSA) is 116 Å². The van der Waals surface area contributed by atoms with Gasteiger partial charge in [-0.2, -0.15) is 0 Å². The minimum Gasteiger partial charge on any atom is -0.381 e. The molecule has 9 heteroatoms. The van der Waals surface area contributed by atoms with Crippen LogP contribution in [0.15, 0.2) is 53.6 Å². The van der Waals surface area contributed by atoms with Crippen LogP contribution in [-0.4, -0.2) is 33.7 Å². The molecule has 4 N–H and O–H groups in total. The van der Waals surface area contributed by atoms with Gasteiger partial charge in [0.25, 0.3) is 0 Å². The smallest absolute Gasteiger partial charge is 0.340 e. The van der Waals surface area contributed by atoms with E-state index >= 15 is 0 Å². The Kier molecular flexibility index (Phi) is 9.51. The molecular formula is C17H27NO6P2. The Morgan fingerprint density at radius 1 is 1.08 bits per heavy atom. The summed E-state index contributed by atoms with van der Waals surface area (Å²) in [6.45, 7) is 4.52. The third-order valence-electron chi connectivity index (χ3n) is 3.45. The molecule has 0 aromatic heterocycles. The van der Waals surface area contributed by atoms with Gasteiger partial charge >= 0.3 is 15.2 Å². The first-order chi connectivity index (χ1) is 12.1. The first kappa shape index (κ1) is 22.8. The van der Waals surface area contributed by atoms with Crippen LogP contribution in [0.5, 0.6) is 0 Å². The second-order valence-electron chi connectivity index (χ2n) is 6.10. The molecule has 0 saturated carbocycles. The van der Waals surface area contributed by atoms with Gasteiger partial charge in [-0.25, -0.2) is 0 Å². The van der Waals surface area contributed by atoms with Gasteiger partial charge in [-0.15, -0.1) is 0 Å². The fourth-order valence-corrected chi connectivity index (χ4v) is 4.58. The average molecular weight is 403 g/mol. The Labute approximate surface area is 154 Å². The van der Waals surface area contributed by atoms with E-state index in [1.54, 1.807) is 6.08 Å². The molecule has 1 unspecified atom stereocenters. The van der Waals surface area contributed by atoms with Crippen LogP contribution in [0.25, 0.3) is 0 Å². The number of rotatable bonds is 11. The van der Waals surface area contributed by atoms with Gasteiger partial charge in [-0.1, -0.05) is 41.5 Å². The highest BCUT2D eigenvalue weighted by Crippen LogP contribution is 2.55. The van der Waals surface area contributed by atoms with Crippen molar-refractivity contribution < 1.29 is 28.3 Å². The van der Waals surface area contributed by atoms with E-state index in [1.165, 1.54) is 5.57 Å². The van der Waals surface area contributed by atoms with Crippen molar-refractivity contribution in [3.8, 4) is 0 Å². The summed E-state index contributed by atoms with van der Waals surface area (Å²) < 4.78 is 27.0. The number of hydrogen-bond donors (Lipinski definition) is 4. The molecule has 1 aromatic rings. The summed E-state index contributed by atoms with van der Waals surface area (Å²) in [5.41, 5.74) is 3.25. The van der Waals surface area contributed by atoms with Crippen LogP contribution in [0.3, 0.4) is 0 Å². The van der Waals surface area contributed by atoms with Crippen LogP contribution >= 0.6 is 15.2 Å². The first-order valence-electron chi connectivity index (χ1n) is 8.18. The van der Waals surface area contributed by atoms with Crippen LogP contribution < -0.4 is 5.32 Å². The van der Waals surface area contributed by atoms with Crippen LogP contribution in [0, 0.1) is 0 Å². The van der Waals surface area contributed by atoms with Gasteiger partial charge < -0.3 is 24.5 Å². The second-order valence-corrected chi connectivity index (χ2v) is 10.1. The summed E-state index contributed by atoms with van der Waals surface area (Å²) in [5, 5.41) is 3.33. The summed E-state index contributed by atoms with van der Waals surface area (Å²) >= 11 is 0. The molecule has 0 spiro atoms. The van der Waals surface area contributed by atoms with Crippen molar-refractivity contribution in [3.63, 3.8) is 0 Å². The molecule has 0 saturated heterocycles. The van der Waals surface area contributed by atoms with Crippen molar-refractivity contribution in [2.45, 2.75) is 26.7 Å². The van der Waals surface area contributed by atoms with Crippen molar-refractivity contribution in [1.29, 1.82) is 0 Å². The Morgan fingerprint density at radius 3 is 2.35 bits per heavy atom. The number of allylic oxidation sites excluding steroid dienone is 2. The summed E-state index contributed by atoms with van der Waals surface area (Å²) in [4.78, 5) is 26.8. The molecule has 0 fully saturated rings. The van der Waals surface area contributed by atoms with Crippen molar-refractivity contribution in [3.05, 3.63) is 53.6 Å². The highest BCUT2D eigenvalue weighted by molar-refractivity contribution is 7.70. The predicted molar refractivity (Wildman–Crippen MR) is 104 cm³/mol. The maximum absolute atomic E-state index is 11.5. The second kappa shape index (κ2) is 10.8. The van der Waals surface area contributed by atoms with Gasteiger partial charge in [0.1, 0.15) is 0 Å². The van der Waals surface area contributed by atoms with Gasteiger partial charge in [0.15, 0.2) is 5.90 Å². The van der Waals surface area contributed by atoms with Crippen molar-refractivity contribution >= 4 is 20.9 Å². The van der Waals surface area contributed by atoms with E-state index in [9.17, 15) is 14.0 Å². The molecular weight excluding hydrogens is 376 g/mol. The zero-order valence-electron chi connectivity index (χ0n) is 15.0. The lowest BCUT2D eigenvalue weighted by molar-refractivity contribution is 0.287.